The van der Waals surface area contributed by atoms with Gasteiger partial charge in [0.05, 0.1) is 28.8 Å². The Labute approximate surface area is 162 Å². The van der Waals surface area contributed by atoms with Gasteiger partial charge in [0.1, 0.15) is 11.5 Å². The van der Waals surface area contributed by atoms with Gasteiger partial charge in [-0.1, -0.05) is 41.9 Å². The standard InChI is InChI=1S/C22H16ClNO3/c1-2-26-22(25)19-13-16(8-10-20(19)23)21-11-9-18(27-21)12-17(14-24)15-6-4-3-5-7-15/h3-13H,2H2,1H3/b17-12-. The number of hydrogen-bond acceptors (Lipinski definition) is 4. The Bertz CT molecular complexity index is 1030. The zero-order valence-corrected chi connectivity index (χ0v) is 15.4. The van der Waals surface area contributed by atoms with Crippen LogP contribution in [0.4, 0.5) is 0 Å². The average molecular weight is 378 g/mol. The van der Waals surface area contributed by atoms with E-state index in [9.17, 15) is 10.1 Å². The first-order chi connectivity index (χ1) is 13.1. The molecule has 5 heteroatoms. The van der Waals surface area contributed by atoms with Gasteiger partial charge < -0.3 is 9.15 Å². The number of carbonyl (C=O) groups excluding carboxylic acids is 1. The molecule has 0 saturated carbocycles. The maximum atomic E-state index is 12.0. The van der Waals surface area contributed by atoms with E-state index in [1.54, 1.807) is 43.3 Å². The largest absolute Gasteiger partial charge is 0.462 e. The summed E-state index contributed by atoms with van der Waals surface area (Å²) < 4.78 is 10.9. The molecule has 3 aromatic rings. The topological polar surface area (TPSA) is 63.2 Å². The molecule has 134 valence electrons. The molecule has 0 aliphatic heterocycles. The van der Waals surface area contributed by atoms with Crippen LogP contribution in [0.25, 0.3) is 23.0 Å². The number of hydrogen-bond donors (Lipinski definition) is 0. The fraction of sp³-hybridized carbons (Fsp3) is 0.0909. The van der Waals surface area contributed by atoms with Crippen molar-refractivity contribution in [3.63, 3.8) is 0 Å². The van der Waals surface area contributed by atoms with Crippen LogP contribution in [0.5, 0.6) is 0 Å². The lowest BCUT2D eigenvalue weighted by Gasteiger charge is -2.06. The molecule has 0 unspecified atom stereocenters. The van der Waals surface area contributed by atoms with Gasteiger partial charge in [0.15, 0.2) is 0 Å². The monoisotopic (exact) mass is 377 g/mol. The van der Waals surface area contributed by atoms with Gasteiger partial charge in [-0.15, -0.1) is 0 Å². The third kappa shape index (κ3) is 4.28. The molecule has 3 rings (SSSR count). The lowest BCUT2D eigenvalue weighted by Crippen LogP contribution is -2.05. The summed E-state index contributed by atoms with van der Waals surface area (Å²) >= 11 is 6.10. The second-order valence-corrected chi connectivity index (χ2v) is 6.06. The Hall–Kier alpha value is -3.29. The van der Waals surface area contributed by atoms with E-state index in [1.165, 1.54) is 0 Å². The van der Waals surface area contributed by atoms with E-state index in [2.05, 4.69) is 6.07 Å². The van der Waals surface area contributed by atoms with Crippen LogP contribution >= 0.6 is 11.6 Å². The smallest absolute Gasteiger partial charge is 0.339 e. The number of esters is 1. The molecule has 0 bridgehead atoms. The number of carbonyl (C=O) groups is 1. The summed E-state index contributed by atoms with van der Waals surface area (Å²) in [4.78, 5) is 12.0. The zero-order chi connectivity index (χ0) is 19.2. The number of furan rings is 1. The van der Waals surface area contributed by atoms with Crippen molar-refractivity contribution in [2.24, 2.45) is 0 Å². The average Bonchev–Trinajstić information content (AvgIpc) is 3.16. The van der Waals surface area contributed by atoms with Crippen LogP contribution in [0.1, 0.15) is 28.6 Å². The molecule has 0 N–H and O–H groups in total. The predicted octanol–water partition coefficient (Wildman–Crippen LogP) is 5.84. The minimum atomic E-state index is -0.480. The summed E-state index contributed by atoms with van der Waals surface area (Å²) in [7, 11) is 0. The van der Waals surface area contributed by atoms with Crippen molar-refractivity contribution in [3.8, 4) is 17.4 Å². The molecule has 0 aliphatic carbocycles. The summed E-state index contributed by atoms with van der Waals surface area (Å²) in [5, 5.41) is 9.74. The molecule has 0 radical (unpaired) electrons. The minimum absolute atomic E-state index is 0.269. The highest BCUT2D eigenvalue weighted by Gasteiger charge is 2.14. The lowest BCUT2D eigenvalue weighted by molar-refractivity contribution is 0.0526. The quantitative estimate of drug-likeness (QED) is 0.414. The third-order valence-corrected chi connectivity index (χ3v) is 4.19. The molecule has 2 aromatic carbocycles. The molecule has 4 nitrogen and oxygen atoms in total. The number of ether oxygens (including phenoxy) is 1. The summed E-state index contributed by atoms with van der Waals surface area (Å²) in [6, 6.07) is 20.1. The summed E-state index contributed by atoms with van der Waals surface area (Å²) in [5.74, 6) is 0.624. The van der Waals surface area contributed by atoms with Gasteiger partial charge in [0.25, 0.3) is 0 Å². The lowest BCUT2D eigenvalue weighted by atomic mass is 10.1. The Morgan fingerprint density at radius 3 is 2.67 bits per heavy atom. The van der Waals surface area contributed by atoms with Crippen molar-refractivity contribution >= 4 is 29.2 Å². The molecule has 0 atom stereocenters. The highest BCUT2D eigenvalue weighted by molar-refractivity contribution is 6.33. The Morgan fingerprint density at radius 2 is 1.96 bits per heavy atom. The summed E-state index contributed by atoms with van der Waals surface area (Å²) in [6.07, 6.45) is 1.68. The number of allylic oxidation sites excluding steroid dienone is 1. The molecule has 0 spiro atoms. The first-order valence-electron chi connectivity index (χ1n) is 8.36. The van der Waals surface area contributed by atoms with E-state index < -0.39 is 5.97 Å². The summed E-state index contributed by atoms with van der Waals surface area (Å²) in [6.45, 7) is 2.01. The van der Waals surface area contributed by atoms with E-state index >= 15 is 0 Å². The molecule has 0 amide bonds. The second-order valence-electron chi connectivity index (χ2n) is 5.65. The van der Waals surface area contributed by atoms with E-state index in [0.29, 0.717) is 27.7 Å². The SMILES string of the molecule is CCOC(=O)c1cc(-c2ccc(/C=C(/C#N)c3ccccc3)o2)ccc1Cl. The van der Waals surface area contributed by atoms with Crippen molar-refractivity contribution in [1.29, 1.82) is 5.26 Å². The Balaban J connectivity index is 1.92. The van der Waals surface area contributed by atoms with Gasteiger partial charge >= 0.3 is 5.97 Å². The van der Waals surface area contributed by atoms with E-state index in [1.807, 2.05) is 30.3 Å². The number of rotatable bonds is 5. The van der Waals surface area contributed by atoms with Crippen LogP contribution in [0.3, 0.4) is 0 Å². The summed E-state index contributed by atoms with van der Waals surface area (Å²) in [5.41, 5.74) is 2.29. The highest BCUT2D eigenvalue weighted by Crippen LogP contribution is 2.28. The molecule has 0 saturated heterocycles. The van der Waals surface area contributed by atoms with Gasteiger partial charge in [-0.2, -0.15) is 5.26 Å². The van der Waals surface area contributed by atoms with E-state index in [4.69, 9.17) is 20.8 Å². The molecule has 0 aliphatic rings. The Morgan fingerprint density at radius 1 is 1.19 bits per heavy atom. The number of nitriles is 1. The second kappa shape index (κ2) is 8.39. The number of nitrogens with zero attached hydrogens (tertiary/aromatic N) is 1. The van der Waals surface area contributed by atoms with Gasteiger partial charge in [0, 0.05) is 5.56 Å². The van der Waals surface area contributed by atoms with Gasteiger partial charge in [-0.3, -0.25) is 0 Å². The predicted molar refractivity (Wildman–Crippen MR) is 105 cm³/mol. The maximum absolute atomic E-state index is 12.0. The molecule has 1 heterocycles. The molecular weight excluding hydrogens is 362 g/mol. The maximum Gasteiger partial charge on any atom is 0.339 e. The van der Waals surface area contributed by atoms with Crippen molar-refractivity contribution in [2.45, 2.75) is 6.92 Å². The first kappa shape index (κ1) is 18.5. The fourth-order valence-electron chi connectivity index (χ4n) is 2.57. The third-order valence-electron chi connectivity index (χ3n) is 3.86. The normalized spacial score (nSPS) is 11.1. The van der Waals surface area contributed by atoms with E-state index in [0.717, 1.165) is 5.56 Å². The van der Waals surface area contributed by atoms with Crippen LogP contribution in [0.2, 0.25) is 5.02 Å². The van der Waals surface area contributed by atoms with Gasteiger partial charge in [-0.05, 0) is 48.9 Å². The molecule has 27 heavy (non-hydrogen) atoms. The van der Waals surface area contributed by atoms with Gasteiger partial charge in [-0.25, -0.2) is 4.79 Å². The van der Waals surface area contributed by atoms with Crippen LogP contribution in [-0.2, 0) is 4.74 Å². The van der Waals surface area contributed by atoms with E-state index in [-0.39, 0.29) is 12.2 Å². The molecular formula is C22H16ClNO3. The van der Waals surface area contributed by atoms with Crippen LogP contribution < -0.4 is 0 Å². The highest BCUT2D eigenvalue weighted by atomic mass is 35.5. The molecule has 0 fully saturated rings. The molecule has 1 aromatic heterocycles. The fourth-order valence-corrected chi connectivity index (χ4v) is 2.76. The van der Waals surface area contributed by atoms with Crippen molar-refractivity contribution < 1.29 is 13.9 Å². The first-order valence-corrected chi connectivity index (χ1v) is 8.74. The van der Waals surface area contributed by atoms with Crippen LogP contribution in [0.15, 0.2) is 65.1 Å². The number of benzene rings is 2. The van der Waals surface area contributed by atoms with Crippen molar-refractivity contribution in [2.75, 3.05) is 6.61 Å². The zero-order valence-electron chi connectivity index (χ0n) is 14.6. The minimum Gasteiger partial charge on any atom is -0.462 e. The number of halogens is 1. The van der Waals surface area contributed by atoms with Gasteiger partial charge in [0.2, 0.25) is 0 Å². The van der Waals surface area contributed by atoms with Crippen molar-refractivity contribution in [1.82, 2.24) is 0 Å². The van der Waals surface area contributed by atoms with Crippen LogP contribution in [-0.4, -0.2) is 12.6 Å². The van der Waals surface area contributed by atoms with Crippen LogP contribution in [0, 0.1) is 11.3 Å². The Kier molecular flexibility index (Phi) is 5.75. The van der Waals surface area contributed by atoms with Crippen molar-refractivity contribution in [3.05, 3.63) is 82.6 Å².